The van der Waals surface area contributed by atoms with Crippen LogP contribution in [0, 0.1) is 0 Å². The average molecular weight is 701 g/mol. The van der Waals surface area contributed by atoms with Gasteiger partial charge in [0.05, 0.1) is 6.61 Å². The number of esters is 2. The third-order valence-corrected chi connectivity index (χ3v) is 9.11. The van der Waals surface area contributed by atoms with Gasteiger partial charge in [-0.25, -0.2) is 0 Å². The molecule has 0 radical (unpaired) electrons. The van der Waals surface area contributed by atoms with Gasteiger partial charge < -0.3 is 14.6 Å². The zero-order chi connectivity index (χ0) is 36.4. The molecule has 5 heteroatoms. The molecule has 0 aromatic carbocycles. The molecule has 50 heavy (non-hydrogen) atoms. The molecule has 0 aromatic heterocycles. The molecule has 5 nitrogen and oxygen atoms in total. The molecule has 0 rings (SSSR count). The van der Waals surface area contributed by atoms with E-state index in [0.29, 0.717) is 12.8 Å². The van der Waals surface area contributed by atoms with E-state index in [2.05, 4.69) is 62.5 Å². The van der Waals surface area contributed by atoms with Crippen LogP contribution in [0.25, 0.3) is 0 Å². The first-order valence-corrected chi connectivity index (χ1v) is 21.2. The lowest BCUT2D eigenvalue weighted by atomic mass is 10.1. The number of aliphatic hydroxyl groups is 1. The molecule has 0 aliphatic heterocycles. The van der Waals surface area contributed by atoms with Crippen LogP contribution >= 0.6 is 0 Å². The number of allylic oxidation sites excluding steroid dienone is 8. The number of carbonyl (C=O) groups is 2. The maximum absolute atomic E-state index is 12.2. The molecule has 0 fully saturated rings. The van der Waals surface area contributed by atoms with E-state index in [4.69, 9.17) is 9.47 Å². The van der Waals surface area contributed by atoms with Crippen molar-refractivity contribution in [2.24, 2.45) is 0 Å². The summed E-state index contributed by atoms with van der Waals surface area (Å²) < 4.78 is 10.6. The van der Waals surface area contributed by atoms with Crippen molar-refractivity contribution < 1.29 is 24.2 Å². The summed E-state index contributed by atoms with van der Waals surface area (Å²) in [6.07, 6.45) is 51.7. The molecule has 0 bridgehead atoms. The summed E-state index contributed by atoms with van der Waals surface area (Å²) in [7, 11) is 0. The minimum atomic E-state index is -0.777. The molecule has 1 unspecified atom stereocenters. The van der Waals surface area contributed by atoms with E-state index in [1.54, 1.807) is 0 Å². The highest BCUT2D eigenvalue weighted by atomic mass is 16.6. The van der Waals surface area contributed by atoms with Gasteiger partial charge in [-0.2, -0.15) is 0 Å². The summed E-state index contributed by atoms with van der Waals surface area (Å²) in [4.78, 5) is 24.3. The Kier molecular flexibility index (Phi) is 39.5. The maximum Gasteiger partial charge on any atom is 0.306 e. The fourth-order valence-electron chi connectivity index (χ4n) is 5.92. The van der Waals surface area contributed by atoms with Crippen molar-refractivity contribution in [3.63, 3.8) is 0 Å². The molecule has 0 spiro atoms. The molecule has 0 aliphatic carbocycles. The Morgan fingerprint density at radius 3 is 1.32 bits per heavy atom. The molecule has 0 amide bonds. The first-order chi connectivity index (χ1) is 24.6. The SMILES string of the molecule is CC/C=C\C/C=C\C/C=C\CCCCCCCCCC(=O)OC(CO)COC(=O)CCCCCCCCCCC/C=C\CCCCCCCC. The third kappa shape index (κ3) is 38.7. The van der Waals surface area contributed by atoms with E-state index in [0.717, 1.165) is 64.2 Å². The van der Waals surface area contributed by atoms with E-state index in [1.807, 2.05) is 0 Å². The summed E-state index contributed by atoms with van der Waals surface area (Å²) >= 11 is 0. The van der Waals surface area contributed by atoms with Gasteiger partial charge in [0.15, 0.2) is 6.10 Å². The lowest BCUT2D eigenvalue weighted by Crippen LogP contribution is -2.28. The van der Waals surface area contributed by atoms with Crippen LogP contribution in [-0.4, -0.2) is 36.4 Å². The third-order valence-electron chi connectivity index (χ3n) is 9.11. The molecule has 0 aromatic rings. The van der Waals surface area contributed by atoms with E-state index in [1.165, 1.54) is 116 Å². The van der Waals surface area contributed by atoms with Gasteiger partial charge in [-0.05, 0) is 70.6 Å². The molecule has 0 heterocycles. The lowest BCUT2D eigenvalue weighted by molar-refractivity contribution is -0.161. The quantitative estimate of drug-likeness (QED) is 0.0394. The summed E-state index contributed by atoms with van der Waals surface area (Å²) in [5, 5.41) is 9.57. The Balaban J connectivity index is 3.55. The van der Waals surface area contributed by atoms with Crippen LogP contribution in [0.5, 0.6) is 0 Å². The van der Waals surface area contributed by atoms with Crippen molar-refractivity contribution in [1.82, 2.24) is 0 Å². The molecule has 290 valence electrons. The Labute approximate surface area is 309 Å². The second-order valence-corrected chi connectivity index (χ2v) is 14.0. The number of hydrogen-bond acceptors (Lipinski definition) is 5. The van der Waals surface area contributed by atoms with Crippen molar-refractivity contribution in [3.05, 3.63) is 48.6 Å². The number of carbonyl (C=O) groups excluding carboxylic acids is 2. The predicted molar refractivity (Wildman–Crippen MR) is 214 cm³/mol. The minimum absolute atomic E-state index is 0.0709. The van der Waals surface area contributed by atoms with E-state index >= 15 is 0 Å². The fourth-order valence-corrected chi connectivity index (χ4v) is 5.92. The van der Waals surface area contributed by atoms with Crippen LogP contribution in [0.15, 0.2) is 48.6 Å². The van der Waals surface area contributed by atoms with Crippen molar-refractivity contribution in [1.29, 1.82) is 0 Å². The Bertz CT molecular complexity index is 842. The van der Waals surface area contributed by atoms with E-state index < -0.39 is 6.10 Å². The highest BCUT2D eigenvalue weighted by molar-refractivity contribution is 5.70. The summed E-state index contributed by atoms with van der Waals surface area (Å²) in [5.41, 5.74) is 0. The average Bonchev–Trinajstić information content (AvgIpc) is 3.12. The summed E-state index contributed by atoms with van der Waals surface area (Å²) in [6, 6.07) is 0. The van der Waals surface area contributed by atoms with Gasteiger partial charge in [0.25, 0.3) is 0 Å². The number of hydrogen-bond donors (Lipinski definition) is 1. The second kappa shape index (κ2) is 41.3. The zero-order valence-corrected chi connectivity index (χ0v) is 32.9. The van der Waals surface area contributed by atoms with Crippen LogP contribution in [-0.2, 0) is 19.1 Å². The number of rotatable bonds is 38. The topological polar surface area (TPSA) is 72.8 Å². The minimum Gasteiger partial charge on any atom is -0.462 e. The smallest absolute Gasteiger partial charge is 0.306 e. The van der Waals surface area contributed by atoms with Crippen molar-refractivity contribution >= 4 is 11.9 Å². The van der Waals surface area contributed by atoms with Crippen LogP contribution in [0.2, 0.25) is 0 Å². The largest absolute Gasteiger partial charge is 0.462 e. The fraction of sp³-hybridized carbons (Fsp3) is 0.778. The summed E-state index contributed by atoms with van der Waals surface area (Å²) in [6.45, 7) is 4.02. The zero-order valence-electron chi connectivity index (χ0n) is 32.9. The molecule has 1 N–H and O–H groups in total. The standard InChI is InChI=1S/C45H80O5/c1-3-5-7-9-11-13-15-17-19-21-22-24-25-27-29-31-33-35-37-39-44(47)49-42-43(41-46)50-45(48)40-38-36-34-32-30-28-26-23-20-18-16-14-12-10-8-6-4-2/h6,8,12,14,17-20,43,46H,3-5,7,9-11,13,15-16,21-42H2,1-2H3/b8-6-,14-12-,19-17-,20-18-. The van der Waals surface area contributed by atoms with Crippen molar-refractivity contribution in [3.8, 4) is 0 Å². The van der Waals surface area contributed by atoms with Gasteiger partial charge in [-0.3, -0.25) is 9.59 Å². The van der Waals surface area contributed by atoms with Gasteiger partial charge in [0.1, 0.15) is 6.61 Å². The van der Waals surface area contributed by atoms with Crippen LogP contribution in [0.4, 0.5) is 0 Å². The van der Waals surface area contributed by atoms with Gasteiger partial charge in [0.2, 0.25) is 0 Å². The van der Waals surface area contributed by atoms with Crippen molar-refractivity contribution in [2.75, 3.05) is 13.2 Å². The van der Waals surface area contributed by atoms with E-state index in [-0.39, 0.29) is 25.2 Å². The first kappa shape index (κ1) is 47.9. The lowest BCUT2D eigenvalue weighted by Gasteiger charge is -2.15. The van der Waals surface area contributed by atoms with Gasteiger partial charge in [-0.15, -0.1) is 0 Å². The number of ether oxygens (including phenoxy) is 2. The Morgan fingerprint density at radius 1 is 0.480 bits per heavy atom. The molecular weight excluding hydrogens is 620 g/mol. The van der Waals surface area contributed by atoms with Crippen LogP contribution in [0.3, 0.4) is 0 Å². The van der Waals surface area contributed by atoms with Gasteiger partial charge in [0, 0.05) is 12.8 Å². The number of unbranched alkanes of at least 4 members (excludes halogenated alkanes) is 22. The van der Waals surface area contributed by atoms with Gasteiger partial charge in [-0.1, -0.05) is 172 Å². The first-order valence-electron chi connectivity index (χ1n) is 21.2. The van der Waals surface area contributed by atoms with Crippen LogP contribution < -0.4 is 0 Å². The molecule has 0 saturated carbocycles. The second-order valence-electron chi connectivity index (χ2n) is 14.0. The highest BCUT2D eigenvalue weighted by Gasteiger charge is 2.16. The van der Waals surface area contributed by atoms with Crippen molar-refractivity contribution in [2.45, 2.75) is 213 Å². The predicted octanol–water partition coefficient (Wildman–Crippen LogP) is 13.4. The molecule has 0 saturated heterocycles. The molecule has 1 atom stereocenters. The maximum atomic E-state index is 12.2. The Morgan fingerprint density at radius 2 is 0.860 bits per heavy atom. The normalized spacial score (nSPS) is 12.6. The molecule has 0 aliphatic rings. The summed E-state index contributed by atoms with van der Waals surface area (Å²) in [5.74, 6) is -0.602. The monoisotopic (exact) mass is 701 g/mol. The Hall–Kier alpha value is -2.14. The molecular formula is C45H80O5. The number of aliphatic hydroxyl groups excluding tert-OH is 1. The van der Waals surface area contributed by atoms with Crippen LogP contribution in [0.1, 0.15) is 206 Å². The highest BCUT2D eigenvalue weighted by Crippen LogP contribution is 2.14. The van der Waals surface area contributed by atoms with E-state index in [9.17, 15) is 14.7 Å². The van der Waals surface area contributed by atoms with Gasteiger partial charge >= 0.3 is 11.9 Å².